The van der Waals surface area contributed by atoms with E-state index in [0.29, 0.717) is 6.04 Å². The van der Waals surface area contributed by atoms with E-state index in [1.165, 1.54) is 15.3 Å². The molecule has 3 N–H and O–H groups in total. The molecule has 4 nitrogen and oxygen atoms in total. The Bertz CT molecular complexity index is 522. The Morgan fingerprint density at radius 2 is 2.16 bits per heavy atom. The maximum Gasteiger partial charge on any atom is 0.0644 e. The Morgan fingerprint density at radius 1 is 1.42 bits per heavy atom. The van der Waals surface area contributed by atoms with E-state index in [4.69, 9.17) is 5.84 Å². The van der Waals surface area contributed by atoms with Crippen LogP contribution in [0.15, 0.2) is 18.3 Å². The first kappa shape index (κ1) is 14.2. The van der Waals surface area contributed by atoms with Gasteiger partial charge in [0.2, 0.25) is 0 Å². The molecule has 0 fully saturated rings. The monoisotopic (exact) mass is 278 g/mol. The summed E-state index contributed by atoms with van der Waals surface area (Å²) in [5.41, 5.74) is 5.30. The summed E-state index contributed by atoms with van der Waals surface area (Å²) in [7, 11) is 0. The highest BCUT2D eigenvalue weighted by Gasteiger charge is 2.15. The number of hydrogen-bond acceptors (Lipinski definition) is 4. The van der Waals surface area contributed by atoms with Gasteiger partial charge in [0.15, 0.2) is 0 Å². The van der Waals surface area contributed by atoms with Crippen molar-refractivity contribution in [3.8, 4) is 0 Å². The van der Waals surface area contributed by atoms with Crippen LogP contribution in [0.2, 0.25) is 0 Å². The molecule has 0 bridgehead atoms. The molecular weight excluding hydrogens is 256 g/mol. The average Bonchev–Trinajstić information content (AvgIpc) is 2.94. The number of nitrogens with zero attached hydrogens (tertiary/aromatic N) is 2. The zero-order valence-corrected chi connectivity index (χ0v) is 12.8. The second kappa shape index (κ2) is 5.86. The van der Waals surface area contributed by atoms with E-state index >= 15 is 0 Å². The Morgan fingerprint density at radius 3 is 2.63 bits per heavy atom. The van der Waals surface area contributed by atoms with Gasteiger partial charge in [-0.05, 0) is 45.4 Å². The van der Waals surface area contributed by atoms with Gasteiger partial charge in [-0.15, -0.1) is 11.3 Å². The molecule has 0 spiro atoms. The van der Waals surface area contributed by atoms with Gasteiger partial charge in [0.05, 0.1) is 11.7 Å². The van der Waals surface area contributed by atoms with Gasteiger partial charge < -0.3 is 0 Å². The topological polar surface area (TPSA) is 55.9 Å². The summed E-state index contributed by atoms with van der Waals surface area (Å²) in [6, 6.07) is 4.80. The Hall–Kier alpha value is -1.17. The SMILES string of the molecule is Cc1cc(C(Cc2ccn(C(C)C)n2)NN)sc1C. The molecule has 1 atom stereocenters. The molecule has 5 heteroatoms. The minimum absolute atomic E-state index is 0.132. The average molecular weight is 278 g/mol. The molecule has 104 valence electrons. The maximum atomic E-state index is 5.70. The van der Waals surface area contributed by atoms with E-state index in [2.05, 4.69) is 50.4 Å². The number of nitrogens with two attached hydrogens (primary N) is 1. The summed E-state index contributed by atoms with van der Waals surface area (Å²) in [4.78, 5) is 2.62. The van der Waals surface area contributed by atoms with Gasteiger partial charge in [0, 0.05) is 28.4 Å². The fraction of sp³-hybridized carbons (Fsp3) is 0.500. The van der Waals surface area contributed by atoms with E-state index in [-0.39, 0.29) is 6.04 Å². The number of rotatable bonds is 5. The lowest BCUT2D eigenvalue weighted by atomic mass is 10.1. The van der Waals surface area contributed by atoms with Crippen molar-refractivity contribution < 1.29 is 0 Å². The lowest BCUT2D eigenvalue weighted by Gasteiger charge is -2.12. The van der Waals surface area contributed by atoms with Gasteiger partial charge in [-0.25, -0.2) is 0 Å². The summed E-state index contributed by atoms with van der Waals surface area (Å²) >= 11 is 1.80. The van der Waals surface area contributed by atoms with Crippen molar-refractivity contribution in [2.45, 2.75) is 46.2 Å². The van der Waals surface area contributed by atoms with Crippen molar-refractivity contribution in [2.24, 2.45) is 5.84 Å². The van der Waals surface area contributed by atoms with Crippen molar-refractivity contribution in [3.63, 3.8) is 0 Å². The van der Waals surface area contributed by atoms with Gasteiger partial charge in [0.25, 0.3) is 0 Å². The van der Waals surface area contributed by atoms with Crippen molar-refractivity contribution in [2.75, 3.05) is 0 Å². The minimum atomic E-state index is 0.132. The Balaban J connectivity index is 2.14. The van der Waals surface area contributed by atoms with E-state index in [1.54, 1.807) is 11.3 Å². The fourth-order valence-corrected chi connectivity index (χ4v) is 3.10. The fourth-order valence-electron chi connectivity index (χ4n) is 2.00. The predicted octanol–water partition coefficient (Wildman–Crippen LogP) is 2.89. The number of thiophene rings is 1. The highest BCUT2D eigenvalue weighted by Crippen LogP contribution is 2.28. The third-order valence-corrected chi connectivity index (χ3v) is 4.60. The van der Waals surface area contributed by atoms with Crippen LogP contribution < -0.4 is 11.3 Å². The third kappa shape index (κ3) is 3.23. The third-order valence-electron chi connectivity index (χ3n) is 3.34. The molecule has 0 aromatic carbocycles. The first-order chi connectivity index (χ1) is 9.01. The molecular formula is C14H22N4S. The molecule has 0 radical (unpaired) electrons. The lowest BCUT2D eigenvalue weighted by molar-refractivity contribution is 0.509. The van der Waals surface area contributed by atoms with E-state index in [0.717, 1.165) is 12.1 Å². The molecule has 0 amide bonds. The van der Waals surface area contributed by atoms with Crippen LogP contribution in [0.25, 0.3) is 0 Å². The number of nitrogens with one attached hydrogen (secondary N) is 1. The van der Waals surface area contributed by atoms with Crippen LogP contribution in [0, 0.1) is 13.8 Å². The number of aryl methyl sites for hydroxylation is 2. The van der Waals surface area contributed by atoms with Crippen LogP contribution in [-0.4, -0.2) is 9.78 Å². The lowest BCUT2D eigenvalue weighted by Crippen LogP contribution is -2.29. The maximum absolute atomic E-state index is 5.70. The molecule has 2 aromatic heterocycles. The molecule has 1 unspecified atom stereocenters. The van der Waals surface area contributed by atoms with Crippen LogP contribution in [0.3, 0.4) is 0 Å². The van der Waals surface area contributed by atoms with E-state index < -0.39 is 0 Å². The van der Waals surface area contributed by atoms with Crippen LogP contribution >= 0.6 is 11.3 Å². The molecule has 2 heterocycles. The minimum Gasteiger partial charge on any atom is -0.271 e. The van der Waals surface area contributed by atoms with Gasteiger partial charge in [-0.2, -0.15) is 5.10 Å². The zero-order chi connectivity index (χ0) is 14.0. The van der Waals surface area contributed by atoms with Gasteiger partial charge in [-0.1, -0.05) is 0 Å². The summed E-state index contributed by atoms with van der Waals surface area (Å²) in [5, 5.41) is 4.58. The first-order valence-electron chi connectivity index (χ1n) is 6.58. The van der Waals surface area contributed by atoms with E-state index in [1.807, 2.05) is 10.9 Å². The molecule has 19 heavy (non-hydrogen) atoms. The van der Waals surface area contributed by atoms with Crippen molar-refractivity contribution in [3.05, 3.63) is 39.3 Å². The van der Waals surface area contributed by atoms with Gasteiger partial charge in [0.1, 0.15) is 0 Å². The highest BCUT2D eigenvalue weighted by atomic mass is 32.1. The summed E-state index contributed by atoms with van der Waals surface area (Å²) in [5.74, 6) is 5.70. The molecule has 0 aliphatic heterocycles. The summed E-state index contributed by atoms with van der Waals surface area (Å²) < 4.78 is 1.98. The first-order valence-corrected chi connectivity index (χ1v) is 7.40. The summed E-state index contributed by atoms with van der Waals surface area (Å²) in [6.45, 7) is 8.53. The van der Waals surface area contributed by atoms with Crippen molar-refractivity contribution in [1.29, 1.82) is 0 Å². The second-order valence-electron chi connectivity index (χ2n) is 5.19. The van der Waals surface area contributed by atoms with Crippen LogP contribution in [0.4, 0.5) is 0 Å². The van der Waals surface area contributed by atoms with Gasteiger partial charge in [-0.3, -0.25) is 16.0 Å². The molecule has 0 saturated heterocycles. The smallest absolute Gasteiger partial charge is 0.0644 e. The number of hydrazine groups is 1. The number of hydrogen-bond donors (Lipinski definition) is 2. The van der Waals surface area contributed by atoms with Gasteiger partial charge >= 0.3 is 0 Å². The molecule has 0 saturated carbocycles. The Labute approximate surface area is 118 Å². The number of aromatic nitrogens is 2. The van der Waals surface area contributed by atoms with Crippen LogP contribution in [0.1, 0.15) is 46.9 Å². The van der Waals surface area contributed by atoms with Crippen molar-refractivity contribution in [1.82, 2.24) is 15.2 Å². The quantitative estimate of drug-likeness (QED) is 0.653. The largest absolute Gasteiger partial charge is 0.271 e. The van der Waals surface area contributed by atoms with Crippen LogP contribution in [-0.2, 0) is 6.42 Å². The molecule has 0 aliphatic rings. The van der Waals surface area contributed by atoms with E-state index in [9.17, 15) is 0 Å². The zero-order valence-electron chi connectivity index (χ0n) is 12.0. The molecule has 2 aromatic rings. The normalized spacial score (nSPS) is 13.2. The molecule has 0 aliphatic carbocycles. The summed E-state index contributed by atoms with van der Waals surface area (Å²) in [6.07, 6.45) is 2.84. The molecule has 2 rings (SSSR count). The second-order valence-corrected chi connectivity index (χ2v) is 6.48. The Kier molecular flexibility index (Phi) is 4.39. The highest BCUT2D eigenvalue weighted by molar-refractivity contribution is 7.12. The van der Waals surface area contributed by atoms with Crippen molar-refractivity contribution >= 4 is 11.3 Å². The standard InChI is InChI=1S/C14H22N4S/c1-9(2)18-6-5-12(17-18)8-13(16-15)14-7-10(3)11(4)19-14/h5-7,9,13,16H,8,15H2,1-4H3. The van der Waals surface area contributed by atoms with Crippen LogP contribution in [0.5, 0.6) is 0 Å². The predicted molar refractivity (Wildman–Crippen MR) is 80.2 cm³/mol.